The van der Waals surface area contributed by atoms with E-state index >= 15 is 0 Å². The molecule has 3 rings (SSSR count). The fourth-order valence-electron chi connectivity index (χ4n) is 2.20. The van der Waals surface area contributed by atoms with E-state index in [0.29, 0.717) is 16.1 Å². The van der Waals surface area contributed by atoms with Crippen LogP contribution >= 0.6 is 23.2 Å². The minimum Gasteiger partial charge on any atom is -0.310 e. The summed E-state index contributed by atoms with van der Waals surface area (Å²) in [6.07, 6.45) is 2.47. The minimum atomic E-state index is -0.335. The molecular formula is C16H14Cl2FN. The minimum absolute atomic E-state index is 0.335. The van der Waals surface area contributed by atoms with Crippen LogP contribution in [0.25, 0.3) is 11.1 Å². The maximum Gasteiger partial charge on any atom is 0.124 e. The molecule has 0 saturated heterocycles. The summed E-state index contributed by atoms with van der Waals surface area (Å²) in [7, 11) is 0. The fourth-order valence-corrected chi connectivity index (χ4v) is 2.64. The number of rotatable bonds is 4. The zero-order valence-corrected chi connectivity index (χ0v) is 12.3. The Morgan fingerprint density at radius 1 is 1.05 bits per heavy atom. The highest BCUT2D eigenvalue weighted by Crippen LogP contribution is 2.33. The van der Waals surface area contributed by atoms with Gasteiger partial charge < -0.3 is 5.32 Å². The van der Waals surface area contributed by atoms with Crippen LogP contribution in [0.2, 0.25) is 10.0 Å². The third-order valence-electron chi connectivity index (χ3n) is 3.45. The highest BCUT2D eigenvalue weighted by molar-refractivity contribution is 6.34. The first-order valence-electron chi connectivity index (χ1n) is 6.61. The number of benzene rings is 2. The molecule has 1 saturated carbocycles. The summed E-state index contributed by atoms with van der Waals surface area (Å²) >= 11 is 12.2. The predicted molar refractivity (Wildman–Crippen MR) is 81.7 cm³/mol. The van der Waals surface area contributed by atoms with E-state index in [1.165, 1.54) is 25.0 Å². The summed E-state index contributed by atoms with van der Waals surface area (Å²) in [4.78, 5) is 0. The zero-order chi connectivity index (χ0) is 14.1. The second kappa shape index (κ2) is 5.72. The molecule has 0 unspecified atom stereocenters. The highest BCUT2D eigenvalue weighted by atomic mass is 35.5. The van der Waals surface area contributed by atoms with Crippen molar-refractivity contribution in [3.63, 3.8) is 0 Å². The fraction of sp³-hybridized carbons (Fsp3) is 0.250. The van der Waals surface area contributed by atoms with Crippen molar-refractivity contribution in [3.8, 4) is 11.1 Å². The van der Waals surface area contributed by atoms with E-state index in [0.717, 1.165) is 23.2 Å². The molecule has 1 aliphatic carbocycles. The van der Waals surface area contributed by atoms with Crippen LogP contribution in [-0.4, -0.2) is 6.04 Å². The van der Waals surface area contributed by atoms with E-state index in [9.17, 15) is 4.39 Å². The first-order chi connectivity index (χ1) is 9.63. The average molecular weight is 310 g/mol. The molecule has 0 heterocycles. The van der Waals surface area contributed by atoms with Crippen molar-refractivity contribution in [2.45, 2.75) is 25.4 Å². The first-order valence-corrected chi connectivity index (χ1v) is 7.36. The second-order valence-electron chi connectivity index (χ2n) is 5.08. The summed E-state index contributed by atoms with van der Waals surface area (Å²) in [6, 6.07) is 10.8. The first kappa shape index (κ1) is 13.9. The Labute approximate surface area is 127 Å². The Kier molecular flexibility index (Phi) is 3.97. The van der Waals surface area contributed by atoms with Crippen LogP contribution in [0.4, 0.5) is 4.39 Å². The van der Waals surface area contributed by atoms with Crippen LogP contribution in [0.15, 0.2) is 36.4 Å². The lowest BCUT2D eigenvalue weighted by molar-refractivity contribution is 0.628. The highest BCUT2D eigenvalue weighted by Gasteiger charge is 2.21. The van der Waals surface area contributed by atoms with Crippen molar-refractivity contribution in [1.82, 2.24) is 5.32 Å². The lowest BCUT2D eigenvalue weighted by atomic mass is 9.99. The predicted octanol–water partition coefficient (Wildman–Crippen LogP) is 5.05. The van der Waals surface area contributed by atoms with Gasteiger partial charge in [-0.1, -0.05) is 29.3 Å². The van der Waals surface area contributed by atoms with Gasteiger partial charge in [-0.3, -0.25) is 0 Å². The van der Waals surface area contributed by atoms with Gasteiger partial charge in [-0.15, -0.1) is 0 Å². The topological polar surface area (TPSA) is 12.0 Å². The zero-order valence-electron chi connectivity index (χ0n) is 10.8. The average Bonchev–Trinajstić information content (AvgIpc) is 3.21. The number of halogens is 3. The van der Waals surface area contributed by atoms with Crippen molar-refractivity contribution in [3.05, 3.63) is 57.8 Å². The quantitative estimate of drug-likeness (QED) is 0.833. The Morgan fingerprint density at radius 2 is 1.85 bits per heavy atom. The van der Waals surface area contributed by atoms with Gasteiger partial charge in [0.05, 0.1) is 5.02 Å². The molecule has 0 radical (unpaired) electrons. The van der Waals surface area contributed by atoms with Crippen molar-refractivity contribution < 1.29 is 4.39 Å². The summed E-state index contributed by atoms with van der Waals surface area (Å²) in [5, 5.41) is 4.52. The molecule has 2 aromatic rings. The summed E-state index contributed by atoms with van der Waals surface area (Å²) in [5.41, 5.74) is 2.88. The maximum absolute atomic E-state index is 13.2. The molecule has 4 heteroatoms. The molecule has 1 fully saturated rings. The van der Waals surface area contributed by atoms with Crippen LogP contribution in [0.3, 0.4) is 0 Å². The Bertz CT molecular complexity index is 638. The molecule has 20 heavy (non-hydrogen) atoms. The van der Waals surface area contributed by atoms with Gasteiger partial charge in [-0.25, -0.2) is 4.39 Å². The van der Waals surface area contributed by atoms with Gasteiger partial charge in [0.2, 0.25) is 0 Å². The lowest BCUT2D eigenvalue weighted by Crippen LogP contribution is -2.15. The van der Waals surface area contributed by atoms with Gasteiger partial charge in [-0.05, 0) is 54.3 Å². The molecule has 0 aromatic heterocycles. The Morgan fingerprint density at radius 3 is 2.55 bits per heavy atom. The third-order valence-corrected chi connectivity index (χ3v) is 4.00. The van der Waals surface area contributed by atoms with Gasteiger partial charge in [0.25, 0.3) is 0 Å². The summed E-state index contributed by atoms with van der Waals surface area (Å²) in [5.74, 6) is -0.335. The number of hydrogen-bond acceptors (Lipinski definition) is 1. The van der Waals surface area contributed by atoms with Crippen LogP contribution < -0.4 is 5.32 Å². The molecule has 104 valence electrons. The van der Waals surface area contributed by atoms with Crippen LogP contribution in [-0.2, 0) is 6.54 Å². The van der Waals surface area contributed by atoms with Gasteiger partial charge in [0, 0.05) is 23.2 Å². The second-order valence-corrected chi connectivity index (χ2v) is 5.92. The normalized spacial score (nSPS) is 14.6. The molecule has 0 bridgehead atoms. The van der Waals surface area contributed by atoms with E-state index in [4.69, 9.17) is 23.2 Å². The summed E-state index contributed by atoms with van der Waals surface area (Å²) in [6.45, 7) is 0.769. The van der Waals surface area contributed by atoms with E-state index in [-0.39, 0.29) is 5.82 Å². The van der Waals surface area contributed by atoms with Crippen molar-refractivity contribution >= 4 is 23.2 Å². The van der Waals surface area contributed by atoms with E-state index in [2.05, 4.69) is 5.32 Å². The van der Waals surface area contributed by atoms with Gasteiger partial charge >= 0.3 is 0 Å². The lowest BCUT2D eigenvalue weighted by Gasteiger charge is -2.12. The molecule has 0 amide bonds. The molecule has 0 aliphatic heterocycles. The largest absolute Gasteiger partial charge is 0.310 e. The van der Waals surface area contributed by atoms with Crippen LogP contribution in [0.1, 0.15) is 18.4 Å². The SMILES string of the molecule is Fc1ccc(-c2cc(Cl)ccc2CNC2CC2)c(Cl)c1. The van der Waals surface area contributed by atoms with E-state index < -0.39 is 0 Å². The van der Waals surface area contributed by atoms with E-state index in [1.807, 2.05) is 18.2 Å². The molecule has 1 N–H and O–H groups in total. The van der Waals surface area contributed by atoms with Crippen molar-refractivity contribution in [1.29, 1.82) is 0 Å². The van der Waals surface area contributed by atoms with Gasteiger partial charge in [-0.2, -0.15) is 0 Å². The Hall–Kier alpha value is -1.09. The maximum atomic E-state index is 13.2. The molecule has 1 aliphatic rings. The smallest absolute Gasteiger partial charge is 0.124 e. The van der Waals surface area contributed by atoms with E-state index in [1.54, 1.807) is 6.07 Å². The molecular weight excluding hydrogens is 296 g/mol. The third kappa shape index (κ3) is 3.14. The van der Waals surface area contributed by atoms with Gasteiger partial charge in [0.1, 0.15) is 5.82 Å². The Balaban J connectivity index is 1.98. The number of hydrogen-bond donors (Lipinski definition) is 1. The monoisotopic (exact) mass is 309 g/mol. The van der Waals surface area contributed by atoms with Crippen molar-refractivity contribution in [2.24, 2.45) is 0 Å². The molecule has 2 aromatic carbocycles. The molecule has 0 spiro atoms. The van der Waals surface area contributed by atoms with Crippen LogP contribution in [0.5, 0.6) is 0 Å². The number of nitrogens with one attached hydrogen (secondary N) is 1. The molecule has 0 atom stereocenters. The van der Waals surface area contributed by atoms with Gasteiger partial charge in [0.15, 0.2) is 0 Å². The van der Waals surface area contributed by atoms with Crippen molar-refractivity contribution in [2.75, 3.05) is 0 Å². The summed E-state index contributed by atoms with van der Waals surface area (Å²) < 4.78 is 13.2. The molecule has 1 nitrogen and oxygen atoms in total. The van der Waals surface area contributed by atoms with Crippen LogP contribution in [0, 0.1) is 5.82 Å². The standard InChI is InChI=1S/C16H14Cl2FN/c17-11-2-1-10(9-20-13-4-5-13)15(7-11)14-6-3-12(19)8-16(14)18/h1-3,6-8,13,20H,4-5,9H2.